The van der Waals surface area contributed by atoms with Gasteiger partial charge in [-0.1, -0.05) is 24.3 Å². The van der Waals surface area contributed by atoms with Crippen LogP contribution >= 0.6 is 0 Å². The van der Waals surface area contributed by atoms with E-state index in [0.717, 1.165) is 12.8 Å². The number of carbonyl (C=O) groups is 1. The lowest BCUT2D eigenvalue weighted by atomic mass is 9.80. The number of aryl methyl sites for hydroxylation is 1. The molecule has 0 amide bonds. The Morgan fingerprint density at radius 3 is 2.94 bits per heavy atom. The molecule has 0 radical (unpaired) electrons. The quantitative estimate of drug-likeness (QED) is 0.672. The van der Waals surface area contributed by atoms with Crippen LogP contribution in [-0.2, 0) is 16.0 Å². The molecule has 0 saturated carbocycles. The SMILES string of the molecule is O=C1C=CC([C@@H]2CCCc3ccccc32)O1. The summed E-state index contributed by atoms with van der Waals surface area (Å²) in [5.41, 5.74) is 2.77. The standard InChI is InChI=1S/C14H14O2/c15-14-9-8-13(16-14)12-7-3-5-10-4-1-2-6-11(10)12/h1-2,4,6,8-9,12-13H,3,5,7H2/t12-,13?/m1/s1. The summed E-state index contributed by atoms with van der Waals surface area (Å²) >= 11 is 0. The molecule has 16 heavy (non-hydrogen) atoms. The molecule has 0 bridgehead atoms. The highest BCUT2D eigenvalue weighted by Crippen LogP contribution is 2.36. The topological polar surface area (TPSA) is 26.3 Å². The predicted molar refractivity (Wildman–Crippen MR) is 61.1 cm³/mol. The first-order valence-corrected chi connectivity index (χ1v) is 5.81. The second-order valence-corrected chi connectivity index (χ2v) is 4.46. The Labute approximate surface area is 94.9 Å². The number of fused-ring (bicyclic) bond motifs is 1. The minimum absolute atomic E-state index is 0.0473. The van der Waals surface area contributed by atoms with Gasteiger partial charge in [-0.3, -0.25) is 0 Å². The maximum Gasteiger partial charge on any atom is 0.331 e. The average molecular weight is 214 g/mol. The van der Waals surface area contributed by atoms with E-state index in [1.807, 2.05) is 6.08 Å². The van der Waals surface area contributed by atoms with Crippen LogP contribution in [0.25, 0.3) is 0 Å². The highest BCUT2D eigenvalue weighted by atomic mass is 16.5. The van der Waals surface area contributed by atoms with Crippen molar-refractivity contribution in [1.82, 2.24) is 0 Å². The van der Waals surface area contributed by atoms with Gasteiger partial charge in [0.2, 0.25) is 0 Å². The molecule has 0 spiro atoms. The number of hydrogen-bond acceptors (Lipinski definition) is 2. The molecule has 1 aliphatic heterocycles. The number of cyclic esters (lactones) is 1. The molecule has 2 heteroatoms. The van der Waals surface area contributed by atoms with Crippen molar-refractivity contribution in [2.45, 2.75) is 31.3 Å². The largest absolute Gasteiger partial charge is 0.454 e. The third-order valence-corrected chi connectivity index (χ3v) is 3.49. The molecule has 0 aromatic heterocycles. The zero-order chi connectivity index (χ0) is 11.0. The number of esters is 1. The Balaban J connectivity index is 1.93. The predicted octanol–water partition coefficient (Wildman–Crippen LogP) is 2.59. The second kappa shape index (κ2) is 3.78. The number of carbonyl (C=O) groups excluding carboxylic acids is 1. The van der Waals surface area contributed by atoms with Gasteiger partial charge in [-0.25, -0.2) is 4.79 Å². The molecule has 0 N–H and O–H groups in total. The van der Waals surface area contributed by atoms with Crippen LogP contribution in [0, 0.1) is 0 Å². The normalized spacial score (nSPS) is 27.6. The van der Waals surface area contributed by atoms with E-state index in [9.17, 15) is 4.79 Å². The van der Waals surface area contributed by atoms with E-state index < -0.39 is 0 Å². The van der Waals surface area contributed by atoms with Gasteiger partial charge >= 0.3 is 5.97 Å². The highest BCUT2D eigenvalue weighted by molar-refractivity contribution is 5.84. The summed E-state index contributed by atoms with van der Waals surface area (Å²) < 4.78 is 5.31. The van der Waals surface area contributed by atoms with Crippen LogP contribution in [0.2, 0.25) is 0 Å². The number of benzene rings is 1. The molecular formula is C14H14O2. The number of ether oxygens (including phenoxy) is 1. The lowest BCUT2D eigenvalue weighted by molar-refractivity contribution is -0.139. The van der Waals surface area contributed by atoms with E-state index in [1.165, 1.54) is 17.5 Å². The third kappa shape index (κ3) is 1.54. The lowest BCUT2D eigenvalue weighted by Crippen LogP contribution is -2.22. The van der Waals surface area contributed by atoms with Crippen LogP contribution in [0.15, 0.2) is 36.4 Å². The Kier molecular flexibility index (Phi) is 2.28. The molecule has 3 rings (SSSR count). The van der Waals surface area contributed by atoms with Crippen LogP contribution < -0.4 is 0 Å². The van der Waals surface area contributed by atoms with Crippen molar-refractivity contribution in [2.24, 2.45) is 0 Å². The molecule has 1 aliphatic carbocycles. The van der Waals surface area contributed by atoms with E-state index in [2.05, 4.69) is 24.3 Å². The smallest absolute Gasteiger partial charge is 0.331 e. The summed E-state index contributed by atoms with van der Waals surface area (Å²) in [4.78, 5) is 11.1. The van der Waals surface area contributed by atoms with Crippen LogP contribution in [0.1, 0.15) is 29.9 Å². The maximum absolute atomic E-state index is 11.1. The number of rotatable bonds is 1. The van der Waals surface area contributed by atoms with Gasteiger partial charge in [0.15, 0.2) is 0 Å². The molecule has 0 saturated heterocycles. The van der Waals surface area contributed by atoms with E-state index in [0.29, 0.717) is 5.92 Å². The summed E-state index contributed by atoms with van der Waals surface area (Å²) in [6.45, 7) is 0. The monoisotopic (exact) mass is 214 g/mol. The zero-order valence-corrected chi connectivity index (χ0v) is 9.06. The van der Waals surface area contributed by atoms with Crippen molar-refractivity contribution in [3.05, 3.63) is 47.5 Å². The van der Waals surface area contributed by atoms with Gasteiger partial charge in [-0.2, -0.15) is 0 Å². The summed E-state index contributed by atoms with van der Waals surface area (Å²) in [7, 11) is 0. The van der Waals surface area contributed by atoms with Gasteiger partial charge in [0.05, 0.1) is 0 Å². The molecule has 1 aromatic rings. The second-order valence-electron chi connectivity index (χ2n) is 4.46. The van der Waals surface area contributed by atoms with Crippen LogP contribution in [0.4, 0.5) is 0 Å². The van der Waals surface area contributed by atoms with E-state index >= 15 is 0 Å². The van der Waals surface area contributed by atoms with Gasteiger partial charge in [-0.05, 0) is 36.5 Å². The van der Waals surface area contributed by atoms with Crippen LogP contribution in [0.3, 0.4) is 0 Å². The first-order valence-electron chi connectivity index (χ1n) is 5.81. The van der Waals surface area contributed by atoms with Gasteiger partial charge < -0.3 is 4.74 Å². The van der Waals surface area contributed by atoms with E-state index in [1.54, 1.807) is 6.08 Å². The fourth-order valence-electron chi connectivity index (χ4n) is 2.74. The summed E-state index contributed by atoms with van der Waals surface area (Å²) in [5.74, 6) is 0.153. The fourth-order valence-corrected chi connectivity index (χ4v) is 2.74. The van der Waals surface area contributed by atoms with Crippen molar-refractivity contribution in [2.75, 3.05) is 0 Å². The van der Waals surface area contributed by atoms with Gasteiger partial charge in [-0.15, -0.1) is 0 Å². The minimum Gasteiger partial charge on any atom is -0.454 e. The molecule has 2 atom stereocenters. The summed E-state index contributed by atoms with van der Waals surface area (Å²) in [6.07, 6.45) is 6.84. The summed E-state index contributed by atoms with van der Waals surface area (Å²) in [6, 6.07) is 8.50. The van der Waals surface area contributed by atoms with E-state index in [-0.39, 0.29) is 12.1 Å². The lowest BCUT2D eigenvalue weighted by Gasteiger charge is -2.28. The third-order valence-electron chi connectivity index (χ3n) is 3.49. The molecule has 1 unspecified atom stereocenters. The first kappa shape index (κ1) is 9.64. The average Bonchev–Trinajstić information content (AvgIpc) is 2.75. The molecular weight excluding hydrogens is 200 g/mol. The Hall–Kier alpha value is -1.57. The fraction of sp³-hybridized carbons (Fsp3) is 0.357. The molecule has 2 aliphatic rings. The Bertz CT molecular complexity index is 448. The molecule has 2 nitrogen and oxygen atoms in total. The van der Waals surface area contributed by atoms with Crippen molar-refractivity contribution in [3.8, 4) is 0 Å². The van der Waals surface area contributed by atoms with Crippen molar-refractivity contribution in [3.63, 3.8) is 0 Å². The van der Waals surface area contributed by atoms with Gasteiger partial charge in [0.1, 0.15) is 6.10 Å². The molecule has 0 fully saturated rings. The van der Waals surface area contributed by atoms with Crippen molar-refractivity contribution >= 4 is 5.97 Å². The Morgan fingerprint density at radius 1 is 1.25 bits per heavy atom. The maximum atomic E-state index is 11.1. The Morgan fingerprint density at radius 2 is 2.12 bits per heavy atom. The van der Waals surface area contributed by atoms with Gasteiger partial charge in [0.25, 0.3) is 0 Å². The first-order chi connectivity index (χ1) is 7.84. The van der Waals surface area contributed by atoms with Crippen molar-refractivity contribution in [1.29, 1.82) is 0 Å². The molecule has 82 valence electrons. The van der Waals surface area contributed by atoms with Crippen molar-refractivity contribution < 1.29 is 9.53 Å². The number of hydrogen-bond donors (Lipinski definition) is 0. The summed E-state index contributed by atoms with van der Waals surface area (Å²) in [5, 5.41) is 0. The zero-order valence-electron chi connectivity index (χ0n) is 9.06. The van der Waals surface area contributed by atoms with Crippen LogP contribution in [-0.4, -0.2) is 12.1 Å². The van der Waals surface area contributed by atoms with Gasteiger partial charge in [0, 0.05) is 12.0 Å². The molecule has 1 aromatic carbocycles. The highest BCUT2D eigenvalue weighted by Gasteiger charge is 2.30. The van der Waals surface area contributed by atoms with E-state index in [4.69, 9.17) is 4.74 Å². The molecule has 1 heterocycles. The van der Waals surface area contributed by atoms with Crippen LogP contribution in [0.5, 0.6) is 0 Å². The minimum atomic E-state index is -0.201.